The topological polar surface area (TPSA) is 59.8 Å². The molecule has 0 aliphatic rings. The number of amides is 1. The lowest BCUT2D eigenvalue weighted by Gasteiger charge is -2.21. The summed E-state index contributed by atoms with van der Waals surface area (Å²) in [6.45, 7) is 4.21. The molecular weight excluding hydrogens is 591 g/mol. The van der Waals surface area contributed by atoms with Gasteiger partial charge in [0.2, 0.25) is 0 Å². The molecule has 0 saturated carbocycles. The molecule has 0 saturated heterocycles. The van der Waals surface area contributed by atoms with Crippen molar-refractivity contribution in [1.29, 1.82) is 0 Å². The Kier molecular flexibility index (Phi) is 10.9. The number of aromatic nitrogens is 3. The molecule has 1 aromatic heterocycles. The van der Waals surface area contributed by atoms with Gasteiger partial charge >= 0.3 is 0 Å². The van der Waals surface area contributed by atoms with Crippen molar-refractivity contribution in [3.05, 3.63) is 142 Å². The normalized spacial score (nSPS) is 11.8. The fraction of sp³-hybridized carbons (Fsp3) is 0.250. The SMILES string of the molecule is CCCCCc1ccc(C(=O)NC(Cc2ccccc2)c2nnc(SCc3ccc(F)cc3)n2-c2cc(Cl)ccc2C)cc1. The van der Waals surface area contributed by atoms with Crippen LogP contribution in [0.3, 0.4) is 0 Å². The highest BCUT2D eigenvalue weighted by Gasteiger charge is 2.26. The minimum Gasteiger partial charge on any atom is -0.342 e. The summed E-state index contributed by atoms with van der Waals surface area (Å²) in [4.78, 5) is 13.7. The van der Waals surface area contributed by atoms with Crippen molar-refractivity contribution in [3.8, 4) is 5.69 Å². The molecule has 5 aromatic rings. The maximum absolute atomic E-state index is 13.7. The number of hydrogen-bond acceptors (Lipinski definition) is 4. The minimum atomic E-state index is -0.486. The number of rotatable bonds is 13. The van der Waals surface area contributed by atoms with Crippen molar-refractivity contribution in [2.45, 2.75) is 62.9 Å². The molecule has 0 spiro atoms. The molecule has 4 aromatic carbocycles. The first-order valence-corrected chi connectivity index (χ1v) is 16.3. The van der Waals surface area contributed by atoms with E-state index < -0.39 is 6.04 Å². The van der Waals surface area contributed by atoms with Crippen molar-refractivity contribution in [1.82, 2.24) is 20.1 Å². The van der Waals surface area contributed by atoms with E-state index in [0.29, 0.717) is 33.7 Å². The molecule has 0 radical (unpaired) electrons. The third-order valence-electron chi connectivity index (χ3n) is 7.54. The van der Waals surface area contributed by atoms with E-state index in [2.05, 4.69) is 22.4 Å². The molecule has 1 atom stereocenters. The Balaban J connectivity index is 1.50. The quantitative estimate of drug-likeness (QED) is 0.105. The second-order valence-corrected chi connectivity index (χ2v) is 12.3. The third kappa shape index (κ3) is 8.16. The van der Waals surface area contributed by atoms with Gasteiger partial charge in [-0.1, -0.05) is 104 Å². The number of carbonyl (C=O) groups excluding carboxylic acids is 1. The van der Waals surface area contributed by atoms with Crippen LogP contribution in [-0.4, -0.2) is 20.7 Å². The number of nitrogens with zero attached hydrogens (tertiary/aromatic N) is 3. The molecule has 1 heterocycles. The van der Waals surface area contributed by atoms with Crippen molar-refractivity contribution >= 4 is 29.3 Å². The fourth-order valence-electron chi connectivity index (χ4n) is 5.08. The number of thioether (sulfide) groups is 1. The van der Waals surface area contributed by atoms with Gasteiger partial charge in [0.25, 0.3) is 5.91 Å². The van der Waals surface area contributed by atoms with E-state index in [4.69, 9.17) is 11.6 Å². The maximum Gasteiger partial charge on any atom is 0.251 e. The first kappa shape index (κ1) is 31.5. The summed E-state index contributed by atoms with van der Waals surface area (Å²) in [5, 5.41) is 13.8. The van der Waals surface area contributed by atoms with Crippen molar-refractivity contribution in [2.75, 3.05) is 0 Å². The van der Waals surface area contributed by atoms with Gasteiger partial charge in [0.15, 0.2) is 11.0 Å². The molecule has 5 nitrogen and oxygen atoms in total. The van der Waals surface area contributed by atoms with Crippen LogP contribution >= 0.6 is 23.4 Å². The molecule has 5 rings (SSSR count). The summed E-state index contributed by atoms with van der Waals surface area (Å²) < 4.78 is 15.5. The summed E-state index contributed by atoms with van der Waals surface area (Å²) >= 11 is 7.98. The average Bonchev–Trinajstić information content (AvgIpc) is 3.46. The Morgan fingerprint density at radius 1 is 0.909 bits per heavy atom. The van der Waals surface area contributed by atoms with Crippen LogP contribution in [0.1, 0.15) is 70.7 Å². The second kappa shape index (κ2) is 15.2. The van der Waals surface area contributed by atoms with E-state index in [-0.39, 0.29) is 11.7 Å². The number of aryl methyl sites for hydroxylation is 2. The van der Waals surface area contributed by atoms with Gasteiger partial charge < -0.3 is 5.32 Å². The Morgan fingerprint density at radius 2 is 1.64 bits per heavy atom. The number of hydrogen-bond donors (Lipinski definition) is 1. The third-order valence-corrected chi connectivity index (χ3v) is 8.77. The number of benzene rings is 4. The Hall–Kier alpha value is -3.94. The zero-order chi connectivity index (χ0) is 30.9. The smallest absolute Gasteiger partial charge is 0.251 e. The summed E-state index contributed by atoms with van der Waals surface area (Å²) in [5.41, 5.74) is 5.67. The highest BCUT2D eigenvalue weighted by Crippen LogP contribution is 2.32. The monoisotopic (exact) mass is 626 g/mol. The molecule has 8 heteroatoms. The van der Waals surface area contributed by atoms with Gasteiger partial charge in [-0.3, -0.25) is 9.36 Å². The van der Waals surface area contributed by atoms with Crippen LogP contribution < -0.4 is 5.32 Å². The van der Waals surface area contributed by atoms with Crippen molar-refractivity contribution in [3.63, 3.8) is 0 Å². The molecule has 44 heavy (non-hydrogen) atoms. The maximum atomic E-state index is 13.7. The van der Waals surface area contributed by atoms with Gasteiger partial charge in [0.1, 0.15) is 5.82 Å². The van der Waals surface area contributed by atoms with E-state index in [1.54, 1.807) is 12.1 Å². The molecule has 0 bridgehead atoms. The number of nitrogens with one attached hydrogen (secondary N) is 1. The molecular formula is C36H36ClFN4OS. The summed E-state index contributed by atoms with van der Waals surface area (Å²) in [6.07, 6.45) is 5.03. The number of carbonyl (C=O) groups is 1. The lowest BCUT2D eigenvalue weighted by atomic mass is 10.0. The molecule has 1 amide bonds. The standard InChI is InChI=1S/C36H36ClFN4OS/c1-3-4-6-9-26-13-17-29(18-14-26)35(43)39-32(22-27-10-7-5-8-11-27)34-40-41-36(44-24-28-15-20-31(38)21-16-28)42(34)33-23-30(37)19-12-25(33)2/h5,7-8,10-21,23,32H,3-4,6,9,22,24H2,1-2H3,(H,39,43). The lowest BCUT2D eigenvalue weighted by Crippen LogP contribution is -2.32. The minimum absolute atomic E-state index is 0.177. The summed E-state index contributed by atoms with van der Waals surface area (Å²) in [5.74, 6) is 0.719. The van der Waals surface area contributed by atoms with E-state index in [9.17, 15) is 9.18 Å². The van der Waals surface area contributed by atoms with Gasteiger partial charge in [-0.05, 0) is 84.8 Å². The highest BCUT2D eigenvalue weighted by atomic mass is 35.5. The summed E-state index contributed by atoms with van der Waals surface area (Å²) in [6, 6.07) is 29.6. The zero-order valence-electron chi connectivity index (χ0n) is 25.0. The molecule has 1 N–H and O–H groups in total. The first-order valence-electron chi connectivity index (χ1n) is 14.9. The number of halogens is 2. The van der Waals surface area contributed by atoms with Crippen LogP contribution in [0, 0.1) is 12.7 Å². The molecule has 0 aliphatic carbocycles. The van der Waals surface area contributed by atoms with Crippen molar-refractivity contribution in [2.24, 2.45) is 0 Å². The Bertz CT molecular complexity index is 1670. The molecule has 1 unspecified atom stereocenters. The van der Waals surface area contributed by atoms with E-state index >= 15 is 0 Å². The van der Waals surface area contributed by atoms with E-state index in [1.165, 1.54) is 42.3 Å². The Morgan fingerprint density at radius 3 is 2.36 bits per heavy atom. The first-order chi connectivity index (χ1) is 21.4. The predicted octanol–water partition coefficient (Wildman–Crippen LogP) is 9.11. The zero-order valence-corrected chi connectivity index (χ0v) is 26.5. The van der Waals surface area contributed by atoms with Crippen LogP contribution in [0.4, 0.5) is 4.39 Å². The summed E-state index contributed by atoms with van der Waals surface area (Å²) in [7, 11) is 0. The highest BCUT2D eigenvalue weighted by molar-refractivity contribution is 7.98. The molecule has 0 fully saturated rings. The largest absolute Gasteiger partial charge is 0.342 e. The van der Waals surface area contributed by atoms with Gasteiger partial charge in [0.05, 0.1) is 11.7 Å². The van der Waals surface area contributed by atoms with Gasteiger partial charge in [-0.25, -0.2) is 4.39 Å². The predicted molar refractivity (Wildman–Crippen MR) is 177 cm³/mol. The van der Waals surface area contributed by atoms with Crippen LogP contribution in [0.5, 0.6) is 0 Å². The van der Waals surface area contributed by atoms with Gasteiger partial charge in [0, 0.05) is 16.3 Å². The van der Waals surface area contributed by atoms with Crippen LogP contribution in [0.2, 0.25) is 5.02 Å². The fourth-order valence-corrected chi connectivity index (χ4v) is 6.15. The van der Waals surface area contributed by atoms with Crippen LogP contribution in [-0.2, 0) is 18.6 Å². The van der Waals surface area contributed by atoms with Gasteiger partial charge in [-0.15, -0.1) is 10.2 Å². The van der Waals surface area contributed by atoms with Crippen LogP contribution in [0.15, 0.2) is 102 Å². The van der Waals surface area contributed by atoms with Gasteiger partial charge in [-0.2, -0.15) is 0 Å². The van der Waals surface area contributed by atoms with E-state index in [1.807, 2.05) is 84.3 Å². The van der Waals surface area contributed by atoms with E-state index in [0.717, 1.165) is 35.2 Å². The number of unbranched alkanes of at least 4 members (excludes halogenated alkanes) is 2. The molecule has 0 aliphatic heterocycles. The van der Waals surface area contributed by atoms with Crippen LogP contribution in [0.25, 0.3) is 5.69 Å². The Labute approximate surface area is 267 Å². The lowest BCUT2D eigenvalue weighted by molar-refractivity contribution is 0.0934. The molecule has 226 valence electrons. The second-order valence-electron chi connectivity index (χ2n) is 10.9. The average molecular weight is 627 g/mol. The van der Waals surface area contributed by atoms with Crippen molar-refractivity contribution < 1.29 is 9.18 Å².